The third kappa shape index (κ3) is 3.92. The van der Waals surface area contributed by atoms with Crippen molar-refractivity contribution in [2.24, 2.45) is 0 Å². The first-order valence-electron chi connectivity index (χ1n) is 11.2. The number of benzene rings is 1. The topological polar surface area (TPSA) is 123 Å². The van der Waals surface area contributed by atoms with Crippen LogP contribution in [0.1, 0.15) is 46.6 Å². The number of nitrogens with one attached hydrogen (secondary N) is 1. The summed E-state index contributed by atoms with van der Waals surface area (Å²) in [5, 5.41) is 24.5. The SMILES string of the molecule is O=C1CCC(N2Cc3nc([C@@]4(O)CCN(Cc5ccccc5)C[C@@H]4O)ccc3C2=O)C(=O)N1. The van der Waals surface area contributed by atoms with Gasteiger partial charge in [-0.15, -0.1) is 0 Å². The number of hydrogen-bond acceptors (Lipinski definition) is 7. The molecule has 1 unspecified atom stereocenters. The predicted octanol–water partition coefficient (Wildman–Crippen LogP) is 0.297. The van der Waals surface area contributed by atoms with Gasteiger partial charge in [0, 0.05) is 26.1 Å². The van der Waals surface area contributed by atoms with Crippen LogP contribution in [-0.2, 0) is 28.3 Å². The maximum Gasteiger partial charge on any atom is 0.256 e. The van der Waals surface area contributed by atoms with Crippen molar-refractivity contribution in [1.29, 1.82) is 0 Å². The second-order valence-electron chi connectivity index (χ2n) is 9.00. The number of fused-ring (bicyclic) bond motifs is 1. The summed E-state index contributed by atoms with van der Waals surface area (Å²) in [5.74, 6) is -1.13. The van der Waals surface area contributed by atoms with Crippen LogP contribution in [-0.4, -0.2) is 68.0 Å². The number of aliphatic hydroxyl groups excluding tert-OH is 1. The Labute approximate surface area is 191 Å². The molecule has 5 rings (SSSR count). The molecule has 0 bridgehead atoms. The van der Waals surface area contributed by atoms with Gasteiger partial charge in [0.05, 0.1) is 23.5 Å². The number of hydrogen-bond donors (Lipinski definition) is 3. The fourth-order valence-electron chi connectivity index (χ4n) is 4.94. The van der Waals surface area contributed by atoms with Gasteiger partial charge in [0.15, 0.2) is 0 Å². The Kier molecular flexibility index (Phi) is 5.48. The van der Waals surface area contributed by atoms with E-state index in [-0.39, 0.29) is 31.2 Å². The summed E-state index contributed by atoms with van der Waals surface area (Å²) in [4.78, 5) is 44.6. The van der Waals surface area contributed by atoms with Crippen molar-refractivity contribution in [2.45, 2.75) is 50.1 Å². The molecule has 0 spiro atoms. The maximum atomic E-state index is 12.9. The minimum absolute atomic E-state index is 0.126. The van der Waals surface area contributed by atoms with Gasteiger partial charge in [-0.05, 0) is 30.5 Å². The molecule has 9 heteroatoms. The molecule has 1 aromatic heterocycles. The smallest absolute Gasteiger partial charge is 0.256 e. The Morgan fingerprint density at radius 2 is 1.91 bits per heavy atom. The van der Waals surface area contributed by atoms with Gasteiger partial charge in [-0.3, -0.25) is 29.6 Å². The van der Waals surface area contributed by atoms with E-state index in [1.807, 2.05) is 30.3 Å². The molecule has 9 nitrogen and oxygen atoms in total. The highest BCUT2D eigenvalue weighted by Crippen LogP contribution is 2.35. The average molecular weight is 450 g/mol. The first-order valence-corrected chi connectivity index (χ1v) is 11.2. The van der Waals surface area contributed by atoms with E-state index in [2.05, 4.69) is 15.2 Å². The summed E-state index contributed by atoms with van der Waals surface area (Å²) < 4.78 is 0. The lowest BCUT2D eigenvalue weighted by molar-refractivity contribution is -0.136. The highest BCUT2D eigenvalue weighted by atomic mass is 16.3. The first-order chi connectivity index (χ1) is 15.8. The summed E-state index contributed by atoms with van der Waals surface area (Å²) >= 11 is 0. The summed E-state index contributed by atoms with van der Waals surface area (Å²) in [7, 11) is 0. The summed E-state index contributed by atoms with van der Waals surface area (Å²) in [6, 6.07) is 12.4. The monoisotopic (exact) mass is 450 g/mol. The van der Waals surface area contributed by atoms with E-state index in [4.69, 9.17) is 0 Å². The summed E-state index contributed by atoms with van der Waals surface area (Å²) in [6.07, 6.45) is -0.279. The zero-order valence-electron chi connectivity index (χ0n) is 18.1. The standard InChI is InChI=1S/C24H26N4O5/c29-20-14-27(12-15-4-2-1-3-5-15)11-10-24(20,33)19-8-6-16-17(25-19)13-28(23(16)32)18-7-9-21(30)26-22(18)31/h1-6,8,18,20,29,33H,7,9-14H2,(H,26,30,31)/t18?,20-,24-/m0/s1. The molecule has 0 saturated carbocycles. The zero-order valence-corrected chi connectivity index (χ0v) is 18.1. The molecular formula is C24H26N4O5. The summed E-state index contributed by atoms with van der Waals surface area (Å²) in [5.41, 5.74) is 0.786. The predicted molar refractivity (Wildman–Crippen MR) is 117 cm³/mol. The fraction of sp³-hybridized carbons (Fsp3) is 0.417. The van der Waals surface area contributed by atoms with Gasteiger partial charge in [-0.2, -0.15) is 0 Å². The molecule has 33 heavy (non-hydrogen) atoms. The number of pyridine rings is 1. The number of rotatable bonds is 4. The van der Waals surface area contributed by atoms with Gasteiger partial charge in [0.25, 0.3) is 5.91 Å². The molecule has 4 heterocycles. The van der Waals surface area contributed by atoms with E-state index in [0.29, 0.717) is 43.0 Å². The minimum atomic E-state index is -1.52. The molecule has 2 aromatic rings. The molecular weight excluding hydrogens is 424 g/mol. The third-order valence-corrected chi connectivity index (χ3v) is 6.86. The van der Waals surface area contributed by atoms with Gasteiger partial charge in [0.1, 0.15) is 17.7 Å². The maximum absolute atomic E-state index is 12.9. The van der Waals surface area contributed by atoms with Gasteiger partial charge < -0.3 is 15.1 Å². The van der Waals surface area contributed by atoms with E-state index in [9.17, 15) is 24.6 Å². The van der Waals surface area contributed by atoms with Crippen LogP contribution in [0.2, 0.25) is 0 Å². The Morgan fingerprint density at radius 1 is 1.12 bits per heavy atom. The fourth-order valence-corrected chi connectivity index (χ4v) is 4.94. The third-order valence-electron chi connectivity index (χ3n) is 6.86. The number of aromatic nitrogens is 1. The normalized spacial score (nSPS) is 28.1. The number of β-amino-alcohol motifs (C(OH)–C–C–N with tert-alkyl or cyclic N) is 1. The molecule has 1 aromatic carbocycles. The molecule has 3 aliphatic rings. The van der Waals surface area contributed by atoms with Gasteiger partial charge in [-0.1, -0.05) is 30.3 Å². The molecule has 172 valence electrons. The highest BCUT2D eigenvalue weighted by molar-refractivity contribution is 6.05. The Morgan fingerprint density at radius 3 is 2.64 bits per heavy atom. The first kappa shape index (κ1) is 21.7. The number of amides is 3. The van der Waals surface area contributed by atoms with Crippen molar-refractivity contribution in [3.63, 3.8) is 0 Å². The van der Waals surface area contributed by atoms with E-state index >= 15 is 0 Å². The lowest BCUT2D eigenvalue weighted by atomic mass is 9.84. The average Bonchev–Trinajstić information content (AvgIpc) is 3.13. The van der Waals surface area contributed by atoms with Crippen LogP contribution in [0.15, 0.2) is 42.5 Å². The zero-order chi connectivity index (χ0) is 23.2. The van der Waals surface area contributed by atoms with Crippen LogP contribution in [0.4, 0.5) is 0 Å². The van der Waals surface area contributed by atoms with Gasteiger partial charge >= 0.3 is 0 Å². The molecule has 2 fully saturated rings. The van der Waals surface area contributed by atoms with Crippen LogP contribution in [0.25, 0.3) is 0 Å². The highest BCUT2D eigenvalue weighted by Gasteiger charge is 2.45. The molecule has 3 amide bonds. The second-order valence-corrected chi connectivity index (χ2v) is 9.00. The van der Waals surface area contributed by atoms with Crippen molar-refractivity contribution in [3.8, 4) is 0 Å². The number of nitrogens with zero attached hydrogens (tertiary/aromatic N) is 3. The Hall–Kier alpha value is -3.14. The van der Waals surface area contributed by atoms with Crippen LogP contribution in [0.3, 0.4) is 0 Å². The van der Waals surface area contributed by atoms with Gasteiger partial charge in [0.2, 0.25) is 11.8 Å². The Bertz CT molecular complexity index is 1110. The number of aliphatic hydroxyl groups is 2. The second kappa shape index (κ2) is 8.33. The van der Waals surface area contributed by atoms with Crippen molar-refractivity contribution >= 4 is 17.7 Å². The van der Waals surface area contributed by atoms with Crippen LogP contribution in [0, 0.1) is 0 Å². The van der Waals surface area contributed by atoms with Crippen molar-refractivity contribution in [3.05, 3.63) is 65.0 Å². The van der Waals surface area contributed by atoms with E-state index in [1.54, 1.807) is 12.1 Å². The molecule has 2 saturated heterocycles. The van der Waals surface area contributed by atoms with Crippen molar-refractivity contribution < 1.29 is 24.6 Å². The van der Waals surface area contributed by atoms with Crippen molar-refractivity contribution in [2.75, 3.05) is 13.1 Å². The number of likely N-dealkylation sites (tertiary alicyclic amines) is 1. The molecule has 3 atom stereocenters. The minimum Gasteiger partial charge on any atom is -0.388 e. The molecule has 3 N–H and O–H groups in total. The quantitative estimate of drug-likeness (QED) is 0.573. The number of carbonyl (C=O) groups is 3. The molecule has 0 aliphatic carbocycles. The van der Waals surface area contributed by atoms with Crippen molar-refractivity contribution in [1.82, 2.24) is 20.1 Å². The van der Waals surface area contributed by atoms with Crippen LogP contribution >= 0.6 is 0 Å². The number of imide groups is 1. The van der Waals surface area contributed by atoms with E-state index in [0.717, 1.165) is 5.56 Å². The Balaban J connectivity index is 1.31. The number of carbonyl (C=O) groups excluding carboxylic acids is 3. The number of piperidine rings is 2. The van der Waals surface area contributed by atoms with Crippen LogP contribution < -0.4 is 5.32 Å². The van der Waals surface area contributed by atoms with Gasteiger partial charge in [-0.25, -0.2) is 0 Å². The van der Waals surface area contributed by atoms with E-state index in [1.165, 1.54) is 4.90 Å². The largest absolute Gasteiger partial charge is 0.388 e. The molecule has 0 radical (unpaired) electrons. The summed E-state index contributed by atoms with van der Waals surface area (Å²) in [6.45, 7) is 1.69. The lowest BCUT2D eigenvalue weighted by Gasteiger charge is -2.41. The van der Waals surface area contributed by atoms with Crippen LogP contribution in [0.5, 0.6) is 0 Å². The van der Waals surface area contributed by atoms with E-state index < -0.39 is 23.7 Å². The lowest BCUT2D eigenvalue weighted by Crippen LogP contribution is -2.53. The molecule has 3 aliphatic heterocycles.